The second kappa shape index (κ2) is 4.37. The molecule has 0 saturated carbocycles. The van der Waals surface area contributed by atoms with E-state index in [-0.39, 0.29) is 5.69 Å². The molecule has 0 aliphatic carbocycles. The third kappa shape index (κ3) is 2.50. The first-order valence-corrected chi connectivity index (χ1v) is 5.35. The Labute approximate surface area is 99.8 Å². The monoisotopic (exact) mass is 227 g/mol. The Bertz CT molecular complexity index is 559. The van der Waals surface area contributed by atoms with Crippen LogP contribution in [-0.2, 0) is 0 Å². The lowest BCUT2D eigenvalue weighted by molar-refractivity contribution is 0.0690. The molecule has 1 heterocycles. The van der Waals surface area contributed by atoms with Crippen molar-refractivity contribution in [1.82, 2.24) is 4.98 Å². The van der Waals surface area contributed by atoms with E-state index in [4.69, 9.17) is 5.11 Å². The third-order valence-corrected chi connectivity index (χ3v) is 2.54. The van der Waals surface area contributed by atoms with Crippen molar-refractivity contribution in [2.75, 3.05) is 0 Å². The van der Waals surface area contributed by atoms with Gasteiger partial charge in [0.15, 0.2) is 0 Å². The zero-order chi connectivity index (χ0) is 12.4. The first kappa shape index (κ1) is 11.3. The van der Waals surface area contributed by atoms with E-state index in [1.54, 1.807) is 6.07 Å². The highest BCUT2D eigenvalue weighted by Crippen LogP contribution is 2.19. The number of aromatic nitrogens is 1. The van der Waals surface area contributed by atoms with Gasteiger partial charge in [-0.1, -0.05) is 29.8 Å². The van der Waals surface area contributed by atoms with Gasteiger partial charge < -0.3 is 5.11 Å². The molecule has 0 amide bonds. The maximum Gasteiger partial charge on any atom is 0.354 e. The summed E-state index contributed by atoms with van der Waals surface area (Å²) in [5, 5.41) is 8.96. The summed E-state index contributed by atoms with van der Waals surface area (Å²) in [6.45, 7) is 3.88. The van der Waals surface area contributed by atoms with Gasteiger partial charge >= 0.3 is 5.97 Å². The van der Waals surface area contributed by atoms with Crippen LogP contribution < -0.4 is 0 Å². The molecule has 0 radical (unpaired) electrons. The highest BCUT2D eigenvalue weighted by molar-refractivity contribution is 5.86. The fraction of sp³-hybridized carbons (Fsp3) is 0.143. The van der Waals surface area contributed by atoms with E-state index in [2.05, 4.69) is 4.98 Å². The van der Waals surface area contributed by atoms with Crippen LogP contribution in [0.2, 0.25) is 0 Å². The van der Waals surface area contributed by atoms with Gasteiger partial charge in [-0.05, 0) is 31.5 Å². The van der Waals surface area contributed by atoms with Gasteiger partial charge in [-0.15, -0.1) is 0 Å². The second-order valence-corrected chi connectivity index (χ2v) is 4.09. The number of aryl methyl sites for hydroxylation is 2. The van der Waals surface area contributed by atoms with Gasteiger partial charge in [0.05, 0.1) is 5.69 Å². The first-order valence-electron chi connectivity index (χ1n) is 5.35. The number of benzene rings is 1. The zero-order valence-electron chi connectivity index (χ0n) is 9.77. The molecule has 0 fully saturated rings. The van der Waals surface area contributed by atoms with Crippen LogP contribution in [0.4, 0.5) is 0 Å². The maximum absolute atomic E-state index is 10.9. The molecule has 0 aliphatic rings. The standard InChI is InChI=1S/C14H13NO2/c1-9-3-5-11(6-4-9)12-7-10(2)8-13(15-12)14(16)17/h3-8H,1-2H3,(H,16,17). The lowest BCUT2D eigenvalue weighted by Gasteiger charge is -2.04. The Hall–Kier alpha value is -2.16. The molecule has 0 unspecified atom stereocenters. The Kier molecular flexibility index (Phi) is 2.91. The molecule has 86 valence electrons. The Balaban J connectivity index is 2.51. The number of hydrogen-bond acceptors (Lipinski definition) is 2. The Morgan fingerprint density at radius 1 is 1.06 bits per heavy atom. The Morgan fingerprint density at radius 2 is 1.71 bits per heavy atom. The minimum atomic E-state index is -0.998. The molecule has 0 spiro atoms. The molecule has 1 aromatic heterocycles. The van der Waals surface area contributed by atoms with Crippen LogP contribution in [0.5, 0.6) is 0 Å². The Morgan fingerprint density at radius 3 is 2.29 bits per heavy atom. The first-order chi connectivity index (χ1) is 8.06. The average Bonchev–Trinajstić information content (AvgIpc) is 2.29. The summed E-state index contributed by atoms with van der Waals surface area (Å²) in [6, 6.07) is 11.3. The van der Waals surface area contributed by atoms with E-state index in [1.807, 2.05) is 44.2 Å². The van der Waals surface area contributed by atoms with Crippen molar-refractivity contribution in [2.45, 2.75) is 13.8 Å². The molecule has 1 N–H and O–H groups in total. The minimum Gasteiger partial charge on any atom is -0.477 e. The SMILES string of the molecule is Cc1ccc(-c2cc(C)cc(C(=O)O)n2)cc1. The van der Waals surface area contributed by atoms with Crippen LogP contribution in [0.3, 0.4) is 0 Å². The average molecular weight is 227 g/mol. The molecule has 1 aromatic carbocycles. The molecule has 3 nitrogen and oxygen atoms in total. The molecule has 2 rings (SSSR count). The second-order valence-electron chi connectivity index (χ2n) is 4.09. The van der Waals surface area contributed by atoms with Crippen LogP contribution in [-0.4, -0.2) is 16.1 Å². The summed E-state index contributed by atoms with van der Waals surface area (Å²) in [5.41, 5.74) is 3.78. The highest BCUT2D eigenvalue weighted by Gasteiger charge is 2.08. The van der Waals surface area contributed by atoms with Gasteiger partial charge in [-0.25, -0.2) is 9.78 Å². The predicted octanol–water partition coefficient (Wildman–Crippen LogP) is 3.06. The van der Waals surface area contributed by atoms with Crippen molar-refractivity contribution in [1.29, 1.82) is 0 Å². The molecule has 0 aliphatic heterocycles. The van der Waals surface area contributed by atoms with E-state index in [1.165, 1.54) is 5.56 Å². The van der Waals surface area contributed by atoms with Crippen molar-refractivity contribution >= 4 is 5.97 Å². The molecule has 17 heavy (non-hydrogen) atoms. The maximum atomic E-state index is 10.9. The molecular formula is C14H13NO2. The fourth-order valence-corrected chi connectivity index (χ4v) is 1.65. The summed E-state index contributed by atoms with van der Waals surface area (Å²) < 4.78 is 0. The number of nitrogens with zero attached hydrogens (tertiary/aromatic N) is 1. The summed E-state index contributed by atoms with van der Waals surface area (Å²) in [6.07, 6.45) is 0. The van der Waals surface area contributed by atoms with Crippen LogP contribution in [0.1, 0.15) is 21.6 Å². The van der Waals surface area contributed by atoms with Gasteiger partial charge in [-0.3, -0.25) is 0 Å². The number of carbonyl (C=O) groups is 1. The molecule has 2 aromatic rings. The minimum absolute atomic E-state index is 0.0839. The van der Waals surface area contributed by atoms with Crippen molar-refractivity contribution < 1.29 is 9.90 Å². The molecule has 0 saturated heterocycles. The van der Waals surface area contributed by atoms with E-state index in [9.17, 15) is 4.79 Å². The van der Waals surface area contributed by atoms with Crippen molar-refractivity contribution in [3.63, 3.8) is 0 Å². The van der Waals surface area contributed by atoms with Crippen LogP contribution in [0.15, 0.2) is 36.4 Å². The summed E-state index contributed by atoms with van der Waals surface area (Å²) in [5.74, 6) is -0.998. The van der Waals surface area contributed by atoms with E-state index >= 15 is 0 Å². The van der Waals surface area contributed by atoms with Crippen molar-refractivity contribution in [3.8, 4) is 11.3 Å². The summed E-state index contributed by atoms with van der Waals surface area (Å²) >= 11 is 0. The van der Waals surface area contributed by atoms with E-state index < -0.39 is 5.97 Å². The predicted molar refractivity (Wildman–Crippen MR) is 66.1 cm³/mol. The molecule has 0 bridgehead atoms. The summed E-state index contributed by atoms with van der Waals surface area (Å²) in [4.78, 5) is 15.1. The molecule has 0 atom stereocenters. The molecular weight excluding hydrogens is 214 g/mol. The number of aromatic carboxylic acids is 1. The quantitative estimate of drug-likeness (QED) is 0.857. The van der Waals surface area contributed by atoms with Gasteiger partial charge in [0.2, 0.25) is 0 Å². The molecule has 3 heteroatoms. The zero-order valence-corrected chi connectivity index (χ0v) is 9.77. The number of hydrogen-bond donors (Lipinski definition) is 1. The van der Waals surface area contributed by atoms with Gasteiger partial charge in [0.1, 0.15) is 5.69 Å². The number of carboxylic acids is 1. The van der Waals surface area contributed by atoms with Gasteiger partial charge in [0, 0.05) is 5.56 Å². The number of pyridine rings is 1. The largest absolute Gasteiger partial charge is 0.477 e. The lowest BCUT2D eigenvalue weighted by atomic mass is 10.1. The number of carboxylic acid groups (broad SMARTS) is 1. The third-order valence-electron chi connectivity index (χ3n) is 2.54. The highest BCUT2D eigenvalue weighted by atomic mass is 16.4. The number of rotatable bonds is 2. The van der Waals surface area contributed by atoms with Crippen LogP contribution >= 0.6 is 0 Å². The topological polar surface area (TPSA) is 50.2 Å². The van der Waals surface area contributed by atoms with Crippen LogP contribution in [0.25, 0.3) is 11.3 Å². The summed E-state index contributed by atoms with van der Waals surface area (Å²) in [7, 11) is 0. The fourth-order valence-electron chi connectivity index (χ4n) is 1.65. The van der Waals surface area contributed by atoms with E-state index in [0.717, 1.165) is 11.1 Å². The van der Waals surface area contributed by atoms with Crippen molar-refractivity contribution in [2.24, 2.45) is 0 Å². The van der Waals surface area contributed by atoms with Gasteiger partial charge in [-0.2, -0.15) is 0 Å². The van der Waals surface area contributed by atoms with Crippen molar-refractivity contribution in [3.05, 3.63) is 53.2 Å². The normalized spacial score (nSPS) is 10.2. The van der Waals surface area contributed by atoms with Crippen LogP contribution in [0, 0.1) is 13.8 Å². The van der Waals surface area contributed by atoms with E-state index in [0.29, 0.717) is 5.69 Å². The van der Waals surface area contributed by atoms with Gasteiger partial charge in [0.25, 0.3) is 0 Å². The lowest BCUT2D eigenvalue weighted by Crippen LogP contribution is -2.01. The smallest absolute Gasteiger partial charge is 0.354 e.